The van der Waals surface area contributed by atoms with Gasteiger partial charge in [-0.15, -0.1) is 11.3 Å². The number of hydrogen-bond donors (Lipinski definition) is 2. The highest BCUT2D eigenvalue weighted by molar-refractivity contribution is 7.12. The minimum absolute atomic E-state index is 0.284. The van der Waals surface area contributed by atoms with Crippen molar-refractivity contribution in [3.63, 3.8) is 0 Å². The van der Waals surface area contributed by atoms with Gasteiger partial charge in [-0.1, -0.05) is 24.3 Å². The summed E-state index contributed by atoms with van der Waals surface area (Å²) < 4.78 is 4.86. The minimum atomic E-state index is -0.670. The van der Waals surface area contributed by atoms with E-state index < -0.39 is 18.5 Å². The van der Waals surface area contributed by atoms with Gasteiger partial charge in [-0.2, -0.15) is 0 Å². The molecule has 0 aliphatic carbocycles. The van der Waals surface area contributed by atoms with Gasteiger partial charge in [0.25, 0.3) is 11.8 Å². The first-order chi connectivity index (χ1) is 11.5. The molecule has 7 heteroatoms. The van der Waals surface area contributed by atoms with Crippen LogP contribution < -0.4 is 10.6 Å². The Bertz CT molecular complexity index is 721. The average Bonchev–Trinajstić information content (AvgIpc) is 3.09. The molecule has 0 aliphatic rings. The summed E-state index contributed by atoms with van der Waals surface area (Å²) in [4.78, 5) is 35.7. The molecular formula is C17H18N2O4S. The van der Waals surface area contributed by atoms with Crippen LogP contribution in [0.15, 0.2) is 35.7 Å². The Balaban J connectivity index is 1.75. The smallest absolute Gasteiger partial charge is 0.325 e. The molecule has 0 saturated carbocycles. The van der Waals surface area contributed by atoms with Gasteiger partial charge in [-0.25, -0.2) is 0 Å². The fourth-order valence-corrected chi connectivity index (χ4v) is 2.67. The van der Waals surface area contributed by atoms with E-state index in [1.54, 1.807) is 17.5 Å². The van der Waals surface area contributed by atoms with Gasteiger partial charge in [0.1, 0.15) is 6.54 Å². The molecule has 0 spiro atoms. The molecule has 1 heterocycles. The molecule has 0 unspecified atom stereocenters. The van der Waals surface area contributed by atoms with E-state index in [2.05, 4.69) is 10.6 Å². The first kappa shape index (κ1) is 17.7. The van der Waals surface area contributed by atoms with Crippen molar-refractivity contribution in [1.82, 2.24) is 5.32 Å². The van der Waals surface area contributed by atoms with Gasteiger partial charge in [0.15, 0.2) is 6.61 Å². The van der Waals surface area contributed by atoms with Gasteiger partial charge in [-0.3, -0.25) is 14.4 Å². The number of carbonyl (C=O) groups is 3. The molecule has 2 rings (SSSR count). The Labute approximate surface area is 143 Å². The van der Waals surface area contributed by atoms with Gasteiger partial charge in [-0.05, 0) is 36.4 Å². The zero-order valence-corrected chi connectivity index (χ0v) is 14.2. The standard InChI is InChI=1S/C17H18N2O4S/c1-11-5-3-6-12(2)16(11)19-14(20)10-23-15(21)9-18-17(22)13-7-4-8-24-13/h3-8H,9-10H2,1-2H3,(H,18,22)(H,19,20). The molecule has 0 radical (unpaired) electrons. The van der Waals surface area contributed by atoms with Crippen molar-refractivity contribution in [2.24, 2.45) is 0 Å². The summed E-state index contributed by atoms with van der Waals surface area (Å²) in [6.07, 6.45) is 0. The van der Waals surface area contributed by atoms with Crippen LogP contribution in [0.5, 0.6) is 0 Å². The normalized spacial score (nSPS) is 10.1. The molecule has 24 heavy (non-hydrogen) atoms. The Morgan fingerprint density at radius 2 is 1.79 bits per heavy atom. The second-order valence-electron chi connectivity index (χ2n) is 5.14. The molecule has 126 valence electrons. The number of amides is 2. The Kier molecular flexibility index (Phi) is 6.08. The van der Waals surface area contributed by atoms with Gasteiger partial charge in [0.2, 0.25) is 0 Å². The van der Waals surface area contributed by atoms with Crippen molar-refractivity contribution >= 4 is 34.8 Å². The Morgan fingerprint density at radius 1 is 1.08 bits per heavy atom. The molecule has 0 fully saturated rings. The summed E-state index contributed by atoms with van der Waals surface area (Å²) in [7, 11) is 0. The molecule has 6 nitrogen and oxygen atoms in total. The third-order valence-corrected chi connectivity index (χ3v) is 4.12. The predicted octanol–water partition coefficient (Wildman–Crippen LogP) is 2.28. The highest BCUT2D eigenvalue weighted by atomic mass is 32.1. The van der Waals surface area contributed by atoms with Gasteiger partial charge in [0.05, 0.1) is 4.88 Å². The number of aryl methyl sites for hydroxylation is 2. The second-order valence-corrected chi connectivity index (χ2v) is 6.08. The van der Waals surface area contributed by atoms with Crippen LogP contribution in [0.1, 0.15) is 20.8 Å². The number of anilines is 1. The zero-order valence-electron chi connectivity index (χ0n) is 13.4. The number of benzene rings is 1. The van der Waals surface area contributed by atoms with E-state index in [4.69, 9.17) is 4.74 Å². The molecule has 2 amide bonds. The van der Waals surface area contributed by atoms with Crippen LogP contribution in [0.25, 0.3) is 0 Å². The fourth-order valence-electron chi connectivity index (χ4n) is 2.03. The lowest BCUT2D eigenvalue weighted by Gasteiger charge is -2.11. The van der Waals surface area contributed by atoms with Crippen molar-refractivity contribution in [1.29, 1.82) is 0 Å². The maximum Gasteiger partial charge on any atom is 0.325 e. The van der Waals surface area contributed by atoms with E-state index >= 15 is 0 Å². The zero-order chi connectivity index (χ0) is 17.5. The molecule has 0 saturated heterocycles. The van der Waals surface area contributed by atoms with E-state index in [1.165, 1.54) is 11.3 Å². The van der Waals surface area contributed by atoms with E-state index in [0.29, 0.717) is 10.6 Å². The maximum atomic E-state index is 11.9. The third-order valence-electron chi connectivity index (χ3n) is 3.25. The summed E-state index contributed by atoms with van der Waals surface area (Å²) in [6.45, 7) is 3.08. The summed E-state index contributed by atoms with van der Waals surface area (Å²) in [6, 6.07) is 9.07. The minimum Gasteiger partial charge on any atom is -0.454 e. The largest absolute Gasteiger partial charge is 0.454 e. The summed E-state index contributed by atoms with van der Waals surface area (Å²) in [5.74, 6) is -1.44. The van der Waals surface area contributed by atoms with Crippen LogP contribution in [-0.2, 0) is 14.3 Å². The average molecular weight is 346 g/mol. The van der Waals surface area contributed by atoms with Gasteiger partial charge in [0, 0.05) is 5.69 Å². The number of rotatable bonds is 6. The second kappa shape index (κ2) is 8.26. The number of thiophene rings is 1. The van der Waals surface area contributed by atoms with Crippen LogP contribution >= 0.6 is 11.3 Å². The van der Waals surface area contributed by atoms with Crippen LogP contribution in [0, 0.1) is 13.8 Å². The lowest BCUT2D eigenvalue weighted by atomic mass is 10.1. The van der Waals surface area contributed by atoms with Crippen molar-refractivity contribution < 1.29 is 19.1 Å². The van der Waals surface area contributed by atoms with Crippen LogP contribution in [0.2, 0.25) is 0 Å². The molecule has 0 atom stereocenters. The number of esters is 1. The lowest BCUT2D eigenvalue weighted by Crippen LogP contribution is -2.32. The van der Waals surface area contributed by atoms with E-state index in [1.807, 2.05) is 32.0 Å². The van der Waals surface area contributed by atoms with Crippen molar-refractivity contribution in [2.45, 2.75) is 13.8 Å². The first-order valence-corrected chi connectivity index (χ1v) is 8.18. The Morgan fingerprint density at radius 3 is 2.42 bits per heavy atom. The first-order valence-electron chi connectivity index (χ1n) is 7.31. The number of carbonyl (C=O) groups excluding carboxylic acids is 3. The van der Waals surface area contributed by atoms with Crippen LogP contribution in [-0.4, -0.2) is 30.9 Å². The molecule has 1 aromatic carbocycles. The van der Waals surface area contributed by atoms with Crippen molar-refractivity contribution in [2.75, 3.05) is 18.5 Å². The van der Waals surface area contributed by atoms with Gasteiger partial charge >= 0.3 is 5.97 Å². The number of para-hydroxylation sites is 1. The summed E-state index contributed by atoms with van der Waals surface area (Å²) in [5, 5.41) is 6.93. The van der Waals surface area contributed by atoms with E-state index in [9.17, 15) is 14.4 Å². The fraction of sp³-hybridized carbons (Fsp3) is 0.235. The molecule has 2 N–H and O–H groups in total. The summed E-state index contributed by atoms with van der Waals surface area (Å²) >= 11 is 1.28. The SMILES string of the molecule is Cc1cccc(C)c1NC(=O)COC(=O)CNC(=O)c1cccs1. The molecule has 0 bridgehead atoms. The molecule has 1 aromatic heterocycles. The molecule has 0 aliphatic heterocycles. The molecular weight excluding hydrogens is 328 g/mol. The maximum absolute atomic E-state index is 11.9. The summed E-state index contributed by atoms with van der Waals surface area (Å²) in [5.41, 5.74) is 2.57. The van der Waals surface area contributed by atoms with Crippen molar-refractivity contribution in [3.8, 4) is 0 Å². The number of nitrogens with one attached hydrogen (secondary N) is 2. The molecule has 2 aromatic rings. The van der Waals surface area contributed by atoms with Gasteiger partial charge < -0.3 is 15.4 Å². The monoisotopic (exact) mass is 346 g/mol. The topological polar surface area (TPSA) is 84.5 Å². The lowest BCUT2D eigenvalue weighted by molar-refractivity contribution is -0.146. The van der Waals surface area contributed by atoms with E-state index in [0.717, 1.165) is 11.1 Å². The van der Waals surface area contributed by atoms with E-state index in [-0.39, 0.29) is 12.5 Å². The quantitative estimate of drug-likeness (QED) is 0.786. The van der Waals surface area contributed by atoms with Crippen molar-refractivity contribution in [3.05, 3.63) is 51.7 Å². The van der Waals surface area contributed by atoms with Crippen LogP contribution in [0.3, 0.4) is 0 Å². The number of hydrogen-bond acceptors (Lipinski definition) is 5. The highest BCUT2D eigenvalue weighted by Gasteiger charge is 2.12. The predicted molar refractivity (Wildman–Crippen MR) is 92.2 cm³/mol. The number of ether oxygens (including phenoxy) is 1. The third kappa shape index (κ3) is 4.92. The van der Waals surface area contributed by atoms with Crippen LogP contribution in [0.4, 0.5) is 5.69 Å². The highest BCUT2D eigenvalue weighted by Crippen LogP contribution is 2.19. The Hall–Kier alpha value is -2.67.